The Bertz CT molecular complexity index is 650. The van der Waals surface area contributed by atoms with Crippen LogP contribution in [0.5, 0.6) is 0 Å². The van der Waals surface area contributed by atoms with E-state index in [2.05, 4.69) is 0 Å². The van der Waals surface area contributed by atoms with Crippen molar-refractivity contribution in [2.45, 2.75) is 36.0 Å². The van der Waals surface area contributed by atoms with Gasteiger partial charge in [0, 0.05) is 15.8 Å². The van der Waals surface area contributed by atoms with Gasteiger partial charge in [-0.15, -0.1) is 11.3 Å². The van der Waals surface area contributed by atoms with Gasteiger partial charge in [0.2, 0.25) is 0 Å². The smallest absolute Gasteiger partial charge is 0.294 e. The summed E-state index contributed by atoms with van der Waals surface area (Å²) in [5.74, 6) is 0. The predicted molar refractivity (Wildman–Crippen MR) is 81.6 cm³/mol. The van der Waals surface area contributed by atoms with Crippen molar-refractivity contribution in [1.82, 2.24) is 0 Å². The Morgan fingerprint density at radius 1 is 1.35 bits per heavy atom. The van der Waals surface area contributed by atoms with Gasteiger partial charge in [-0.05, 0) is 38.0 Å². The van der Waals surface area contributed by atoms with Crippen molar-refractivity contribution < 1.29 is 10.0 Å². The molecule has 2 rings (SSSR count). The summed E-state index contributed by atoms with van der Waals surface area (Å²) in [6.45, 7) is 5.59. The number of hydrogen-bond donors (Lipinski definition) is 1. The third-order valence-electron chi connectivity index (χ3n) is 2.85. The Morgan fingerprint density at radius 3 is 2.65 bits per heavy atom. The zero-order chi connectivity index (χ0) is 14.9. The van der Waals surface area contributed by atoms with Gasteiger partial charge in [0.05, 0.1) is 11.0 Å². The molecule has 0 amide bonds. The Hall–Kier alpha value is -1.37. The quantitative estimate of drug-likeness (QED) is 0.668. The molecule has 0 spiro atoms. The highest BCUT2D eigenvalue weighted by Crippen LogP contribution is 2.43. The molecule has 1 atom stereocenters. The van der Waals surface area contributed by atoms with Crippen LogP contribution in [0, 0.1) is 24.0 Å². The molecule has 0 saturated carbocycles. The summed E-state index contributed by atoms with van der Waals surface area (Å²) in [6.07, 6.45) is -0.688. The van der Waals surface area contributed by atoms with Gasteiger partial charge in [-0.1, -0.05) is 23.9 Å². The Labute approximate surface area is 125 Å². The molecular weight excluding hydrogens is 294 g/mol. The van der Waals surface area contributed by atoms with Crippen LogP contribution >= 0.6 is 23.1 Å². The largest absolute Gasteiger partial charge is 0.388 e. The summed E-state index contributed by atoms with van der Waals surface area (Å²) in [7, 11) is 0. The second-order valence-electron chi connectivity index (χ2n) is 4.63. The first-order valence-electron chi connectivity index (χ1n) is 6.09. The van der Waals surface area contributed by atoms with Gasteiger partial charge in [-0.25, -0.2) is 0 Å². The summed E-state index contributed by atoms with van der Waals surface area (Å²) in [6, 6.07) is 7.50. The summed E-state index contributed by atoms with van der Waals surface area (Å²) in [5, 5.41) is 20.7. The molecule has 1 N–H and O–H groups in total. The number of thiophene rings is 1. The van der Waals surface area contributed by atoms with Crippen LogP contribution in [0.2, 0.25) is 0 Å². The van der Waals surface area contributed by atoms with E-state index in [1.165, 1.54) is 29.2 Å². The lowest BCUT2D eigenvalue weighted by Gasteiger charge is -2.05. The fourth-order valence-corrected chi connectivity index (χ4v) is 4.14. The van der Waals surface area contributed by atoms with E-state index >= 15 is 0 Å². The summed E-state index contributed by atoms with van der Waals surface area (Å²) >= 11 is 2.66. The monoisotopic (exact) mass is 309 g/mol. The van der Waals surface area contributed by atoms with E-state index in [4.69, 9.17) is 0 Å². The number of rotatable bonds is 4. The highest BCUT2D eigenvalue weighted by Gasteiger charge is 2.22. The molecule has 0 saturated heterocycles. The molecule has 0 bridgehead atoms. The van der Waals surface area contributed by atoms with E-state index in [0.717, 1.165) is 16.0 Å². The minimum Gasteiger partial charge on any atom is -0.388 e. The Kier molecular flexibility index (Phi) is 4.47. The van der Waals surface area contributed by atoms with Crippen LogP contribution in [0.15, 0.2) is 33.4 Å². The minimum absolute atomic E-state index is 0.0665. The third-order valence-corrected chi connectivity index (χ3v) is 5.50. The molecule has 106 valence electrons. The SMILES string of the molecule is Cc1ccc(C)c(Sc2sc([C@H](C)O)cc2[N+](=O)[O-])c1. The van der Waals surface area contributed by atoms with Gasteiger partial charge in [0.15, 0.2) is 0 Å². The maximum atomic E-state index is 11.1. The Balaban J connectivity index is 2.42. The van der Waals surface area contributed by atoms with Gasteiger partial charge in [-0.3, -0.25) is 10.1 Å². The van der Waals surface area contributed by atoms with Gasteiger partial charge >= 0.3 is 0 Å². The highest BCUT2D eigenvalue weighted by molar-refractivity contribution is 8.01. The van der Waals surface area contributed by atoms with Crippen molar-refractivity contribution in [3.05, 3.63) is 50.4 Å². The molecule has 0 aliphatic carbocycles. The molecule has 2 aromatic rings. The minimum atomic E-state index is -0.688. The zero-order valence-corrected chi connectivity index (χ0v) is 13.0. The molecular formula is C14H15NO3S2. The topological polar surface area (TPSA) is 63.4 Å². The van der Waals surface area contributed by atoms with E-state index in [1.807, 2.05) is 32.0 Å². The number of aliphatic hydroxyl groups excluding tert-OH is 1. The van der Waals surface area contributed by atoms with Gasteiger partial charge < -0.3 is 5.11 Å². The lowest BCUT2D eigenvalue weighted by Crippen LogP contribution is -1.88. The first-order valence-corrected chi connectivity index (χ1v) is 7.73. The molecule has 0 aliphatic heterocycles. The highest BCUT2D eigenvalue weighted by atomic mass is 32.2. The van der Waals surface area contributed by atoms with Gasteiger partial charge in [0.25, 0.3) is 5.69 Å². The van der Waals surface area contributed by atoms with Crippen molar-refractivity contribution in [2.75, 3.05) is 0 Å². The second-order valence-corrected chi connectivity index (χ2v) is 7.02. The van der Waals surface area contributed by atoms with Gasteiger partial charge in [-0.2, -0.15) is 0 Å². The van der Waals surface area contributed by atoms with Crippen LogP contribution in [0.1, 0.15) is 29.0 Å². The molecule has 1 aromatic carbocycles. The van der Waals surface area contributed by atoms with Gasteiger partial charge in [0.1, 0.15) is 4.21 Å². The number of nitrogens with zero attached hydrogens (tertiary/aromatic N) is 1. The lowest BCUT2D eigenvalue weighted by molar-refractivity contribution is -0.387. The molecule has 6 heteroatoms. The van der Waals surface area contributed by atoms with E-state index in [-0.39, 0.29) is 5.69 Å². The zero-order valence-electron chi connectivity index (χ0n) is 11.4. The maximum absolute atomic E-state index is 11.1. The average Bonchev–Trinajstić information content (AvgIpc) is 2.78. The number of nitro groups is 1. The standard InChI is InChI=1S/C14H15NO3S2/c1-8-4-5-9(2)12(6-8)19-14-11(15(17)18)7-13(20-14)10(3)16/h4-7,10,16H,1-3H3/t10-/m0/s1. The van der Waals surface area contributed by atoms with E-state index < -0.39 is 11.0 Å². The molecule has 0 unspecified atom stereocenters. The van der Waals surface area contributed by atoms with Crippen LogP contribution in [-0.4, -0.2) is 10.0 Å². The van der Waals surface area contributed by atoms with Crippen LogP contribution in [-0.2, 0) is 0 Å². The number of aryl methyl sites for hydroxylation is 2. The molecule has 20 heavy (non-hydrogen) atoms. The van der Waals surface area contributed by atoms with Crippen molar-refractivity contribution in [2.24, 2.45) is 0 Å². The first-order chi connectivity index (χ1) is 9.38. The molecule has 0 radical (unpaired) electrons. The average molecular weight is 309 g/mol. The molecule has 1 heterocycles. The fraction of sp³-hybridized carbons (Fsp3) is 0.286. The van der Waals surface area contributed by atoms with E-state index in [9.17, 15) is 15.2 Å². The number of aliphatic hydroxyl groups is 1. The van der Waals surface area contributed by atoms with Crippen molar-refractivity contribution >= 4 is 28.8 Å². The Morgan fingerprint density at radius 2 is 2.05 bits per heavy atom. The van der Waals surface area contributed by atoms with Crippen LogP contribution in [0.25, 0.3) is 0 Å². The fourth-order valence-electron chi connectivity index (χ4n) is 1.71. The molecule has 0 aliphatic rings. The van der Waals surface area contributed by atoms with Crippen molar-refractivity contribution in [3.8, 4) is 0 Å². The predicted octanol–water partition coefficient (Wildman–Crippen LogP) is 4.48. The summed E-state index contributed by atoms with van der Waals surface area (Å²) in [4.78, 5) is 12.3. The molecule has 1 aromatic heterocycles. The van der Waals surface area contributed by atoms with Crippen LogP contribution < -0.4 is 0 Å². The maximum Gasteiger partial charge on any atom is 0.294 e. The van der Waals surface area contributed by atoms with Crippen LogP contribution in [0.3, 0.4) is 0 Å². The molecule has 4 nitrogen and oxygen atoms in total. The molecule has 0 fully saturated rings. The second kappa shape index (κ2) is 5.95. The normalized spacial score (nSPS) is 12.4. The first kappa shape index (κ1) is 15.0. The lowest BCUT2D eigenvalue weighted by atomic mass is 10.2. The van der Waals surface area contributed by atoms with Crippen molar-refractivity contribution in [3.63, 3.8) is 0 Å². The van der Waals surface area contributed by atoms with E-state index in [0.29, 0.717) is 9.09 Å². The van der Waals surface area contributed by atoms with Crippen molar-refractivity contribution in [1.29, 1.82) is 0 Å². The van der Waals surface area contributed by atoms with Crippen LogP contribution in [0.4, 0.5) is 5.69 Å². The van der Waals surface area contributed by atoms with E-state index in [1.54, 1.807) is 6.92 Å². The number of hydrogen-bond acceptors (Lipinski definition) is 5. The summed E-state index contributed by atoms with van der Waals surface area (Å²) < 4.78 is 0.611. The summed E-state index contributed by atoms with van der Waals surface area (Å²) in [5.41, 5.74) is 2.27. The number of benzene rings is 1. The third kappa shape index (κ3) is 3.20.